The van der Waals surface area contributed by atoms with Gasteiger partial charge in [-0.15, -0.1) is 0 Å². The quantitative estimate of drug-likeness (QED) is 0.460. The number of benzene rings is 3. The summed E-state index contributed by atoms with van der Waals surface area (Å²) >= 11 is 6.19. The van der Waals surface area contributed by atoms with Crippen LogP contribution in [0.5, 0.6) is 0 Å². The predicted molar refractivity (Wildman–Crippen MR) is 135 cm³/mol. The van der Waals surface area contributed by atoms with Crippen LogP contribution >= 0.6 is 11.6 Å². The normalized spacial score (nSPS) is 18.2. The molecule has 178 valence electrons. The van der Waals surface area contributed by atoms with Gasteiger partial charge in [-0.25, -0.2) is 4.39 Å². The molecule has 2 N–H and O–H groups in total. The lowest BCUT2D eigenvalue weighted by molar-refractivity contribution is -0.125. The molecule has 0 radical (unpaired) electrons. The van der Waals surface area contributed by atoms with Crippen LogP contribution in [0.25, 0.3) is 0 Å². The molecule has 1 heterocycles. The average molecular weight is 480 g/mol. The molecule has 6 heteroatoms. The summed E-state index contributed by atoms with van der Waals surface area (Å²) in [5.41, 5.74) is 4.17. The topological polar surface area (TPSA) is 44.4 Å². The summed E-state index contributed by atoms with van der Waals surface area (Å²) in [7, 11) is 0. The molecule has 1 aliphatic heterocycles. The van der Waals surface area contributed by atoms with Crippen LogP contribution in [0.3, 0.4) is 0 Å². The Morgan fingerprint density at radius 1 is 1.06 bits per heavy atom. The molecule has 4 nitrogen and oxygen atoms in total. The zero-order valence-corrected chi connectivity index (χ0v) is 20.2. The summed E-state index contributed by atoms with van der Waals surface area (Å²) < 4.78 is 13.9. The van der Waals surface area contributed by atoms with E-state index in [-0.39, 0.29) is 23.8 Å². The van der Waals surface area contributed by atoms with Gasteiger partial charge in [0.2, 0.25) is 5.91 Å². The van der Waals surface area contributed by atoms with E-state index in [4.69, 9.17) is 11.6 Å². The lowest BCUT2D eigenvalue weighted by Crippen LogP contribution is -2.43. The molecule has 0 spiro atoms. The van der Waals surface area contributed by atoms with Crippen LogP contribution in [0.1, 0.15) is 28.7 Å². The zero-order valence-electron chi connectivity index (χ0n) is 19.4. The van der Waals surface area contributed by atoms with E-state index in [0.717, 1.165) is 25.1 Å². The highest BCUT2D eigenvalue weighted by atomic mass is 35.5. The smallest absolute Gasteiger partial charge is 0.237 e. The molecular weight excluding hydrogens is 449 g/mol. The number of carbonyl (C=O) groups is 1. The average Bonchev–Trinajstić information content (AvgIpc) is 3.22. The second kappa shape index (κ2) is 11.6. The Hall–Kier alpha value is -2.73. The first-order valence-electron chi connectivity index (χ1n) is 11.8. The van der Waals surface area contributed by atoms with Gasteiger partial charge in [-0.05, 0) is 54.7 Å². The zero-order chi connectivity index (χ0) is 23.9. The second-order valence-corrected chi connectivity index (χ2v) is 9.45. The van der Waals surface area contributed by atoms with Crippen LogP contribution in [-0.4, -0.2) is 36.0 Å². The number of halogens is 2. The van der Waals surface area contributed by atoms with Gasteiger partial charge in [-0.3, -0.25) is 9.69 Å². The largest absolute Gasteiger partial charge is 0.354 e. The minimum absolute atomic E-state index is 0.0155. The summed E-state index contributed by atoms with van der Waals surface area (Å²) in [6.07, 6.45) is 1.19. The third kappa shape index (κ3) is 6.66. The van der Waals surface area contributed by atoms with Crippen LogP contribution in [0.15, 0.2) is 72.8 Å². The Kier molecular flexibility index (Phi) is 8.33. The van der Waals surface area contributed by atoms with Crippen molar-refractivity contribution in [2.24, 2.45) is 0 Å². The van der Waals surface area contributed by atoms with E-state index in [1.165, 1.54) is 17.2 Å². The van der Waals surface area contributed by atoms with Crippen LogP contribution in [-0.2, 0) is 24.3 Å². The Morgan fingerprint density at radius 3 is 2.65 bits per heavy atom. The molecule has 34 heavy (non-hydrogen) atoms. The molecule has 1 saturated heterocycles. The summed E-state index contributed by atoms with van der Waals surface area (Å²) in [5, 5.41) is 7.35. The fourth-order valence-electron chi connectivity index (χ4n) is 4.59. The number of carbonyl (C=O) groups excluding carboxylic acids is 1. The van der Waals surface area contributed by atoms with Gasteiger partial charge in [0, 0.05) is 37.2 Å². The van der Waals surface area contributed by atoms with Gasteiger partial charge in [-0.1, -0.05) is 71.8 Å². The van der Waals surface area contributed by atoms with Crippen molar-refractivity contribution in [1.82, 2.24) is 15.5 Å². The molecule has 3 aromatic rings. The number of nitrogens with one attached hydrogen (secondary N) is 2. The van der Waals surface area contributed by atoms with Gasteiger partial charge in [-0.2, -0.15) is 0 Å². The van der Waals surface area contributed by atoms with Crippen LogP contribution in [0, 0.1) is 12.7 Å². The fourth-order valence-corrected chi connectivity index (χ4v) is 4.81. The van der Waals surface area contributed by atoms with Crippen LogP contribution in [0.4, 0.5) is 4.39 Å². The number of nitrogens with zero attached hydrogens (tertiary/aromatic N) is 1. The van der Waals surface area contributed by atoms with E-state index in [2.05, 4.69) is 46.7 Å². The first-order valence-corrected chi connectivity index (χ1v) is 12.1. The van der Waals surface area contributed by atoms with Gasteiger partial charge in [0.05, 0.1) is 6.04 Å². The van der Waals surface area contributed by atoms with E-state index in [1.54, 1.807) is 12.1 Å². The molecule has 1 aliphatic rings. The maximum atomic E-state index is 13.9. The predicted octanol–water partition coefficient (Wildman–Crippen LogP) is 4.88. The van der Waals surface area contributed by atoms with E-state index >= 15 is 0 Å². The van der Waals surface area contributed by atoms with Crippen molar-refractivity contribution in [3.8, 4) is 0 Å². The Morgan fingerprint density at radius 2 is 1.85 bits per heavy atom. The molecule has 3 aromatic carbocycles. The third-order valence-electron chi connectivity index (χ3n) is 6.31. The summed E-state index contributed by atoms with van der Waals surface area (Å²) in [5.74, 6) is -0.251. The van der Waals surface area contributed by atoms with Gasteiger partial charge in [0.1, 0.15) is 5.82 Å². The lowest BCUT2D eigenvalue weighted by atomic mass is 10.1. The standard InChI is InChI=1S/C28H31ClFN3O/c1-20-6-4-7-21(14-20)17-32-25-16-27(33(19-25)18-22-8-5-10-24(29)15-22)28(34)31-13-12-23-9-2-3-11-26(23)30/h2-11,14-15,25,27,32H,12-13,16-19H2,1H3,(H,31,34)/t25-,27-/m0/s1. The Bertz CT molecular complexity index is 1120. The van der Waals surface area contributed by atoms with Crippen molar-refractivity contribution in [3.05, 3.63) is 106 Å². The molecule has 1 amide bonds. The van der Waals surface area contributed by atoms with Gasteiger partial charge >= 0.3 is 0 Å². The first kappa shape index (κ1) is 24.4. The Balaban J connectivity index is 1.39. The minimum Gasteiger partial charge on any atom is -0.354 e. The van der Waals surface area contributed by atoms with E-state index in [0.29, 0.717) is 30.1 Å². The van der Waals surface area contributed by atoms with Crippen molar-refractivity contribution in [2.45, 2.75) is 44.9 Å². The van der Waals surface area contributed by atoms with Crippen molar-refractivity contribution >= 4 is 17.5 Å². The number of rotatable bonds is 9. The molecule has 0 unspecified atom stereocenters. The maximum absolute atomic E-state index is 13.9. The van der Waals surface area contributed by atoms with Crippen molar-refractivity contribution in [3.63, 3.8) is 0 Å². The van der Waals surface area contributed by atoms with Gasteiger partial charge in [0.15, 0.2) is 0 Å². The first-order chi connectivity index (χ1) is 16.5. The molecule has 2 atom stereocenters. The van der Waals surface area contributed by atoms with Crippen molar-refractivity contribution in [2.75, 3.05) is 13.1 Å². The highest BCUT2D eigenvalue weighted by Gasteiger charge is 2.36. The number of amides is 1. The van der Waals surface area contributed by atoms with Crippen molar-refractivity contribution in [1.29, 1.82) is 0 Å². The molecule has 0 aliphatic carbocycles. The number of aryl methyl sites for hydroxylation is 1. The van der Waals surface area contributed by atoms with Gasteiger partial charge < -0.3 is 10.6 Å². The van der Waals surface area contributed by atoms with Gasteiger partial charge in [0.25, 0.3) is 0 Å². The molecule has 0 aromatic heterocycles. The van der Waals surface area contributed by atoms with E-state index in [1.807, 2.05) is 30.3 Å². The van der Waals surface area contributed by atoms with E-state index in [9.17, 15) is 9.18 Å². The van der Waals surface area contributed by atoms with Crippen molar-refractivity contribution < 1.29 is 9.18 Å². The number of hydrogen-bond acceptors (Lipinski definition) is 3. The second-order valence-electron chi connectivity index (χ2n) is 9.01. The van der Waals surface area contributed by atoms with Crippen LogP contribution in [0.2, 0.25) is 5.02 Å². The third-order valence-corrected chi connectivity index (χ3v) is 6.54. The molecule has 0 bridgehead atoms. The lowest BCUT2D eigenvalue weighted by Gasteiger charge is -2.23. The molecule has 4 rings (SSSR count). The highest BCUT2D eigenvalue weighted by molar-refractivity contribution is 6.30. The SMILES string of the molecule is Cc1cccc(CN[C@H]2C[C@@H](C(=O)NCCc3ccccc3F)N(Cc3cccc(Cl)c3)C2)c1. The molecule has 0 saturated carbocycles. The fraction of sp³-hybridized carbons (Fsp3) is 0.321. The number of likely N-dealkylation sites (tertiary alicyclic amines) is 1. The summed E-state index contributed by atoms with van der Waals surface area (Å²) in [6, 6.07) is 22.9. The monoisotopic (exact) mass is 479 g/mol. The maximum Gasteiger partial charge on any atom is 0.237 e. The van der Waals surface area contributed by atoms with Crippen LogP contribution < -0.4 is 10.6 Å². The Labute approximate surface area is 206 Å². The summed E-state index contributed by atoms with van der Waals surface area (Å²) in [6.45, 7) is 4.67. The molecule has 1 fully saturated rings. The minimum atomic E-state index is -0.255. The highest BCUT2D eigenvalue weighted by Crippen LogP contribution is 2.23. The summed E-state index contributed by atoms with van der Waals surface area (Å²) in [4.78, 5) is 15.4. The number of hydrogen-bond donors (Lipinski definition) is 2. The van der Waals surface area contributed by atoms with E-state index < -0.39 is 0 Å². The molecular formula is C28H31ClFN3O.